The van der Waals surface area contributed by atoms with Gasteiger partial charge in [0, 0.05) is 0 Å². The van der Waals surface area contributed by atoms with Gasteiger partial charge in [0.25, 0.3) is 0 Å². The van der Waals surface area contributed by atoms with Gasteiger partial charge in [0.1, 0.15) is 5.82 Å². The molecule has 148 valence electrons. The van der Waals surface area contributed by atoms with E-state index in [4.69, 9.17) is 0 Å². The molecule has 0 bridgehead atoms. The summed E-state index contributed by atoms with van der Waals surface area (Å²) in [6.45, 7) is 1.17. The van der Waals surface area contributed by atoms with Crippen molar-refractivity contribution < 1.29 is 26.3 Å². The smallest absolute Gasteiger partial charge is 0.247 e. The van der Waals surface area contributed by atoms with E-state index in [0.29, 0.717) is 0 Å². The molecule has 0 N–H and O–H groups in total. The zero-order valence-electron chi connectivity index (χ0n) is 14.3. The Hall–Kier alpha value is -3.04. The minimum absolute atomic E-state index is 0.0346. The third kappa shape index (κ3) is 3.95. The molecule has 10 heteroatoms. The largest absolute Gasteiger partial charge is 0.416 e. The van der Waals surface area contributed by atoms with Crippen molar-refractivity contribution in [1.82, 2.24) is 14.3 Å². The summed E-state index contributed by atoms with van der Waals surface area (Å²) in [6.07, 6.45) is -9.12. The molecule has 28 heavy (non-hydrogen) atoms. The Balaban J connectivity index is 1.99. The van der Waals surface area contributed by atoms with Crippen LogP contribution in [0.5, 0.6) is 0 Å². The molecule has 0 aliphatic rings. The van der Waals surface area contributed by atoms with Crippen LogP contribution in [-0.2, 0) is 18.9 Å². The zero-order chi connectivity index (χ0) is 20.7. The Bertz CT molecular complexity index is 1060. The first-order valence-corrected chi connectivity index (χ1v) is 7.97. The topological polar surface area (TPSA) is 39.8 Å². The van der Waals surface area contributed by atoms with Gasteiger partial charge in [-0.25, -0.2) is 14.0 Å². The number of hydrogen-bond donors (Lipinski definition) is 0. The highest BCUT2D eigenvalue weighted by molar-refractivity contribution is 5.37. The van der Waals surface area contributed by atoms with Gasteiger partial charge in [-0.15, -0.1) is 0 Å². The Labute approximate surface area is 154 Å². The van der Waals surface area contributed by atoms with E-state index in [9.17, 15) is 31.1 Å². The summed E-state index contributed by atoms with van der Waals surface area (Å²) in [5.74, 6) is 0.108. The fourth-order valence-electron chi connectivity index (χ4n) is 2.76. The van der Waals surface area contributed by atoms with Gasteiger partial charge in [0.05, 0.1) is 23.4 Å². The number of rotatable bonds is 3. The lowest BCUT2D eigenvalue weighted by atomic mass is 10.1. The highest BCUT2D eigenvalue weighted by Crippen LogP contribution is 2.31. The molecule has 2 aromatic carbocycles. The van der Waals surface area contributed by atoms with Crippen molar-refractivity contribution in [3.05, 3.63) is 81.5 Å². The van der Waals surface area contributed by atoms with Crippen LogP contribution in [0.15, 0.2) is 53.3 Å². The molecule has 0 aliphatic heterocycles. The fraction of sp³-hybridized carbons (Fsp3) is 0.222. The van der Waals surface area contributed by atoms with Crippen LogP contribution in [-0.4, -0.2) is 14.3 Å². The average Bonchev–Trinajstić information content (AvgIpc) is 2.87. The van der Waals surface area contributed by atoms with E-state index in [0.717, 1.165) is 39.6 Å². The van der Waals surface area contributed by atoms with Crippen LogP contribution in [0.1, 0.15) is 22.5 Å². The van der Waals surface area contributed by atoms with E-state index in [1.807, 2.05) is 0 Å². The van der Waals surface area contributed by atoms with Gasteiger partial charge in [0.15, 0.2) is 0 Å². The molecule has 4 nitrogen and oxygen atoms in total. The summed E-state index contributed by atoms with van der Waals surface area (Å²) in [7, 11) is 0. The van der Waals surface area contributed by atoms with Gasteiger partial charge in [-0.3, -0.25) is 0 Å². The molecule has 0 radical (unpaired) electrons. The number of aryl methyl sites for hydroxylation is 1. The molecule has 0 saturated heterocycles. The molecule has 0 unspecified atom stereocenters. The first-order chi connectivity index (χ1) is 13.0. The average molecular weight is 401 g/mol. The minimum Gasteiger partial charge on any atom is -0.247 e. The van der Waals surface area contributed by atoms with Gasteiger partial charge >= 0.3 is 18.0 Å². The standard InChI is InChI=1S/C18H13F6N3O/c1-11-25-26(10-12-4-2-5-13(8-12)17(19,20)21)16(28)27(11)15-7-3-6-14(9-15)18(22,23)24/h2-9H,10H2,1H3. The molecule has 3 rings (SSSR count). The van der Waals surface area contributed by atoms with Gasteiger partial charge in [-0.1, -0.05) is 18.2 Å². The predicted octanol–water partition coefficient (Wildman–Crippen LogP) is 4.43. The Kier molecular flexibility index (Phi) is 4.82. The maximum Gasteiger partial charge on any atom is 0.416 e. The first-order valence-electron chi connectivity index (χ1n) is 7.97. The normalized spacial score (nSPS) is 12.4. The molecule has 1 heterocycles. The van der Waals surface area contributed by atoms with Crippen LogP contribution in [0.4, 0.5) is 26.3 Å². The zero-order valence-corrected chi connectivity index (χ0v) is 14.3. The minimum atomic E-state index is -4.58. The van der Waals surface area contributed by atoms with Crippen molar-refractivity contribution in [2.24, 2.45) is 0 Å². The van der Waals surface area contributed by atoms with Crippen LogP contribution in [0.3, 0.4) is 0 Å². The van der Waals surface area contributed by atoms with Crippen LogP contribution in [0, 0.1) is 6.92 Å². The van der Waals surface area contributed by atoms with Gasteiger partial charge in [-0.05, 0) is 42.8 Å². The fourth-order valence-corrected chi connectivity index (χ4v) is 2.76. The summed E-state index contributed by atoms with van der Waals surface area (Å²) in [5, 5.41) is 3.97. The first kappa shape index (κ1) is 19.7. The van der Waals surface area contributed by atoms with E-state index in [-0.39, 0.29) is 23.6 Å². The van der Waals surface area contributed by atoms with Crippen LogP contribution in [0.2, 0.25) is 0 Å². The highest BCUT2D eigenvalue weighted by Gasteiger charge is 2.31. The van der Waals surface area contributed by atoms with E-state index in [1.54, 1.807) is 0 Å². The highest BCUT2D eigenvalue weighted by atomic mass is 19.4. The van der Waals surface area contributed by atoms with Crippen molar-refractivity contribution in [1.29, 1.82) is 0 Å². The van der Waals surface area contributed by atoms with E-state index < -0.39 is 29.2 Å². The summed E-state index contributed by atoms with van der Waals surface area (Å²) in [4.78, 5) is 12.6. The quantitative estimate of drug-likeness (QED) is 0.610. The van der Waals surface area contributed by atoms with E-state index in [1.165, 1.54) is 25.1 Å². The number of alkyl halides is 6. The lowest BCUT2D eigenvalue weighted by Gasteiger charge is -2.09. The summed E-state index contributed by atoms with van der Waals surface area (Å²) < 4.78 is 79.1. The third-order valence-corrected chi connectivity index (χ3v) is 4.02. The van der Waals surface area contributed by atoms with Crippen LogP contribution in [0.25, 0.3) is 5.69 Å². The summed E-state index contributed by atoms with van der Waals surface area (Å²) >= 11 is 0. The summed E-state index contributed by atoms with van der Waals surface area (Å²) in [6, 6.07) is 8.57. The van der Waals surface area contributed by atoms with Gasteiger partial charge < -0.3 is 0 Å². The number of benzene rings is 2. The second-order valence-corrected chi connectivity index (χ2v) is 6.07. The number of aromatic nitrogens is 3. The molecule has 0 atom stereocenters. The lowest BCUT2D eigenvalue weighted by molar-refractivity contribution is -0.138. The second-order valence-electron chi connectivity index (χ2n) is 6.07. The molecular weight excluding hydrogens is 388 g/mol. The molecule has 0 amide bonds. The predicted molar refractivity (Wildman–Crippen MR) is 88.1 cm³/mol. The maximum absolute atomic E-state index is 12.9. The Morgan fingerprint density at radius 3 is 2.07 bits per heavy atom. The number of hydrogen-bond acceptors (Lipinski definition) is 2. The monoisotopic (exact) mass is 401 g/mol. The summed E-state index contributed by atoms with van der Waals surface area (Å²) in [5.41, 5.74) is -2.40. The second kappa shape index (κ2) is 6.84. The maximum atomic E-state index is 12.9. The molecule has 0 fully saturated rings. The third-order valence-electron chi connectivity index (χ3n) is 4.02. The van der Waals surface area contributed by atoms with Crippen molar-refractivity contribution in [2.75, 3.05) is 0 Å². The van der Waals surface area contributed by atoms with Crippen LogP contribution >= 0.6 is 0 Å². The molecular formula is C18H13F6N3O. The van der Waals surface area contributed by atoms with E-state index >= 15 is 0 Å². The SMILES string of the molecule is Cc1nn(Cc2cccc(C(F)(F)F)c2)c(=O)n1-c1cccc(C(F)(F)F)c1. The molecule has 0 spiro atoms. The van der Waals surface area contributed by atoms with Crippen molar-refractivity contribution in [3.63, 3.8) is 0 Å². The van der Waals surface area contributed by atoms with E-state index in [2.05, 4.69) is 5.10 Å². The van der Waals surface area contributed by atoms with Crippen molar-refractivity contribution >= 4 is 0 Å². The van der Waals surface area contributed by atoms with Gasteiger partial charge in [0.2, 0.25) is 0 Å². The molecule has 3 aromatic rings. The molecule has 1 aromatic heterocycles. The molecule has 0 aliphatic carbocycles. The number of halogens is 6. The van der Waals surface area contributed by atoms with Crippen molar-refractivity contribution in [3.8, 4) is 5.69 Å². The Morgan fingerprint density at radius 1 is 0.893 bits per heavy atom. The van der Waals surface area contributed by atoms with Crippen molar-refractivity contribution in [2.45, 2.75) is 25.8 Å². The lowest BCUT2D eigenvalue weighted by Crippen LogP contribution is -2.25. The van der Waals surface area contributed by atoms with Gasteiger partial charge in [-0.2, -0.15) is 31.4 Å². The Morgan fingerprint density at radius 2 is 1.46 bits per heavy atom. The number of nitrogens with zero attached hydrogens (tertiary/aromatic N) is 3. The molecule has 0 saturated carbocycles. The van der Waals surface area contributed by atoms with Crippen LogP contribution < -0.4 is 5.69 Å².